The van der Waals surface area contributed by atoms with Gasteiger partial charge in [0.15, 0.2) is 0 Å². The van der Waals surface area contributed by atoms with Gasteiger partial charge in [0.2, 0.25) is 0 Å². The molecule has 0 radical (unpaired) electrons. The van der Waals surface area contributed by atoms with Crippen molar-refractivity contribution in [2.24, 2.45) is 0 Å². The molecule has 0 bridgehead atoms. The van der Waals surface area contributed by atoms with E-state index in [1.165, 1.54) is 36.4 Å². The molecule has 0 atom stereocenters. The van der Waals surface area contributed by atoms with Crippen molar-refractivity contribution in [1.82, 2.24) is 0 Å². The molecule has 2 aromatic rings. The molecular formula is C18H17FN2O5. The first-order valence-electron chi connectivity index (χ1n) is 8.08. The van der Waals surface area contributed by atoms with Crippen molar-refractivity contribution < 1.29 is 23.6 Å². The van der Waals surface area contributed by atoms with Gasteiger partial charge >= 0.3 is 5.97 Å². The van der Waals surface area contributed by atoms with Crippen LogP contribution in [0.25, 0.3) is 0 Å². The molecule has 1 aliphatic heterocycles. The number of ether oxygens (including phenoxy) is 2. The Bertz CT molecular complexity index is 821. The molecule has 1 saturated heterocycles. The third-order valence-corrected chi connectivity index (χ3v) is 4.08. The van der Waals surface area contributed by atoms with E-state index in [-0.39, 0.29) is 23.4 Å². The summed E-state index contributed by atoms with van der Waals surface area (Å²) in [5.41, 5.74) is 0.543. The molecule has 8 heteroatoms. The first-order valence-corrected chi connectivity index (χ1v) is 8.08. The monoisotopic (exact) mass is 360 g/mol. The van der Waals surface area contributed by atoms with Gasteiger partial charge in [0, 0.05) is 24.7 Å². The van der Waals surface area contributed by atoms with Crippen LogP contribution in [0.3, 0.4) is 0 Å². The maximum absolute atomic E-state index is 13.6. The van der Waals surface area contributed by atoms with Crippen LogP contribution in [-0.4, -0.2) is 37.2 Å². The molecule has 0 aromatic heterocycles. The highest BCUT2D eigenvalue weighted by Gasteiger charge is 2.23. The lowest BCUT2D eigenvalue weighted by Gasteiger charge is -2.28. The summed E-state index contributed by atoms with van der Waals surface area (Å²) in [4.78, 5) is 24.9. The second-order valence-electron chi connectivity index (χ2n) is 5.73. The van der Waals surface area contributed by atoms with Crippen molar-refractivity contribution in [1.29, 1.82) is 0 Å². The lowest BCUT2D eigenvalue weighted by atomic mass is 10.1. The summed E-state index contributed by atoms with van der Waals surface area (Å²) < 4.78 is 23.9. The SMILES string of the molecule is O=C(OCc1ccccc1F)c1ccc(N2CCOCC2)c([N+](=O)[O-])c1. The van der Waals surface area contributed by atoms with Crippen molar-refractivity contribution >= 4 is 17.3 Å². The van der Waals surface area contributed by atoms with E-state index in [1.807, 2.05) is 4.90 Å². The summed E-state index contributed by atoms with van der Waals surface area (Å²) in [6.45, 7) is 1.81. The van der Waals surface area contributed by atoms with Crippen molar-refractivity contribution in [3.63, 3.8) is 0 Å². The summed E-state index contributed by atoms with van der Waals surface area (Å²) >= 11 is 0. The molecule has 0 unspecified atom stereocenters. The van der Waals surface area contributed by atoms with Gasteiger partial charge in [-0.05, 0) is 18.2 Å². The zero-order chi connectivity index (χ0) is 18.5. The zero-order valence-electron chi connectivity index (χ0n) is 13.9. The fourth-order valence-corrected chi connectivity index (χ4v) is 2.71. The van der Waals surface area contributed by atoms with Crippen molar-refractivity contribution in [3.05, 3.63) is 69.5 Å². The highest BCUT2D eigenvalue weighted by atomic mass is 19.1. The van der Waals surface area contributed by atoms with E-state index < -0.39 is 16.7 Å². The fourth-order valence-electron chi connectivity index (χ4n) is 2.71. The van der Waals surface area contributed by atoms with Crippen LogP contribution in [0, 0.1) is 15.9 Å². The van der Waals surface area contributed by atoms with E-state index in [0.29, 0.717) is 32.0 Å². The minimum absolute atomic E-state index is 0.0463. The Morgan fingerprint density at radius 1 is 1.23 bits per heavy atom. The third kappa shape index (κ3) is 3.97. The van der Waals surface area contributed by atoms with Crippen LogP contribution >= 0.6 is 0 Å². The number of nitro groups is 1. The second-order valence-corrected chi connectivity index (χ2v) is 5.73. The Morgan fingerprint density at radius 3 is 2.65 bits per heavy atom. The molecule has 0 spiro atoms. The lowest BCUT2D eigenvalue weighted by molar-refractivity contribution is -0.384. The number of hydrogen-bond donors (Lipinski definition) is 0. The molecule has 0 saturated carbocycles. The van der Waals surface area contributed by atoms with E-state index in [9.17, 15) is 19.3 Å². The first kappa shape index (κ1) is 17.8. The Morgan fingerprint density at radius 2 is 1.96 bits per heavy atom. The number of rotatable bonds is 5. The summed E-state index contributed by atoms with van der Waals surface area (Å²) in [5.74, 6) is -1.22. The van der Waals surface area contributed by atoms with Crippen LogP contribution < -0.4 is 4.90 Å². The number of hydrogen-bond acceptors (Lipinski definition) is 6. The summed E-state index contributed by atoms with van der Waals surface area (Å²) in [5, 5.41) is 11.4. The Kier molecular flexibility index (Phi) is 5.43. The van der Waals surface area contributed by atoms with Crippen LogP contribution in [0.15, 0.2) is 42.5 Å². The van der Waals surface area contributed by atoms with Gasteiger partial charge in [0.25, 0.3) is 5.69 Å². The number of benzene rings is 2. The maximum atomic E-state index is 13.6. The van der Waals surface area contributed by atoms with Gasteiger partial charge in [-0.3, -0.25) is 10.1 Å². The number of nitrogens with zero attached hydrogens (tertiary/aromatic N) is 2. The number of anilines is 1. The number of halogens is 1. The van der Waals surface area contributed by atoms with Crippen molar-refractivity contribution in [3.8, 4) is 0 Å². The van der Waals surface area contributed by atoms with Gasteiger partial charge in [-0.15, -0.1) is 0 Å². The largest absolute Gasteiger partial charge is 0.457 e. The molecule has 1 heterocycles. The highest BCUT2D eigenvalue weighted by Crippen LogP contribution is 2.30. The van der Waals surface area contributed by atoms with E-state index in [4.69, 9.17) is 9.47 Å². The quantitative estimate of drug-likeness (QED) is 0.463. The summed E-state index contributed by atoms with van der Waals surface area (Å²) in [6.07, 6.45) is 0. The molecule has 0 aliphatic carbocycles. The van der Waals surface area contributed by atoms with Crippen LogP contribution in [0.5, 0.6) is 0 Å². The van der Waals surface area contributed by atoms with Gasteiger partial charge in [-0.25, -0.2) is 9.18 Å². The minimum atomic E-state index is -0.745. The zero-order valence-corrected chi connectivity index (χ0v) is 13.9. The molecule has 1 aliphatic rings. The van der Waals surface area contributed by atoms with Crippen molar-refractivity contribution in [2.45, 2.75) is 6.61 Å². The Labute approximate surface area is 149 Å². The third-order valence-electron chi connectivity index (χ3n) is 4.08. The number of carbonyl (C=O) groups is 1. The number of nitro benzene ring substituents is 1. The van der Waals surface area contributed by atoms with Gasteiger partial charge in [0.1, 0.15) is 18.1 Å². The predicted molar refractivity (Wildman–Crippen MR) is 91.6 cm³/mol. The van der Waals surface area contributed by atoms with E-state index in [0.717, 1.165) is 0 Å². The van der Waals surface area contributed by atoms with Gasteiger partial charge in [-0.1, -0.05) is 18.2 Å². The van der Waals surface area contributed by atoms with Crippen LogP contribution in [0.4, 0.5) is 15.8 Å². The van der Waals surface area contributed by atoms with Crippen LogP contribution in [-0.2, 0) is 16.1 Å². The summed E-state index contributed by atoms with van der Waals surface area (Å²) in [6, 6.07) is 10.1. The highest BCUT2D eigenvalue weighted by molar-refractivity contribution is 5.91. The number of carbonyl (C=O) groups excluding carboxylic acids is 1. The standard InChI is InChI=1S/C18H17FN2O5/c19-15-4-2-1-3-14(15)12-26-18(22)13-5-6-16(17(11-13)21(23)24)20-7-9-25-10-8-20/h1-6,11H,7-10,12H2. The first-order chi connectivity index (χ1) is 12.6. The molecule has 7 nitrogen and oxygen atoms in total. The van der Waals surface area contributed by atoms with Gasteiger partial charge in [-0.2, -0.15) is 0 Å². The molecule has 26 heavy (non-hydrogen) atoms. The van der Waals surface area contributed by atoms with Gasteiger partial charge < -0.3 is 14.4 Å². The Hall–Kier alpha value is -3.00. The molecule has 136 valence electrons. The molecule has 2 aromatic carbocycles. The van der Waals surface area contributed by atoms with E-state index in [2.05, 4.69) is 0 Å². The number of esters is 1. The van der Waals surface area contributed by atoms with E-state index in [1.54, 1.807) is 6.07 Å². The maximum Gasteiger partial charge on any atom is 0.338 e. The van der Waals surface area contributed by atoms with Crippen LogP contribution in [0.1, 0.15) is 15.9 Å². The molecule has 0 amide bonds. The molecule has 3 rings (SSSR count). The summed E-state index contributed by atoms with van der Waals surface area (Å²) in [7, 11) is 0. The molecular weight excluding hydrogens is 343 g/mol. The topological polar surface area (TPSA) is 81.9 Å². The van der Waals surface area contributed by atoms with Gasteiger partial charge in [0.05, 0.1) is 23.7 Å². The molecule has 0 N–H and O–H groups in total. The second kappa shape index (κ2) is 7.92. The normalized spacial score (nSPS) is 14.1. The Balaban J connectivity index is 1.77. The predicted octanol–water partition coefficient (Wildman–Crippen LogP) is 2.93. The van der Waals surface area contributed by atoms with Crippen molar-refractivity contribution in [2.75, 3.05) is 31.2 Å². The number of morpholine rings is 1. The lowest BCUT2D eigenvalue weighted by Crippen LogP contribution is -2.36. The fraction of sp³-hybridized carbons (Fsp3) is 0.278. The minimum Gasteiger partial charge on any atom is -0.457 e. The van der Waals surface area contributed by atoms with Crippen LogP contribution in [0.2, 0.25) is 0 Å². The average Bonchev–Trinajstić information content (AvgIpc) is 2.67. The van der Waals surface area contributed by atoms with E-state index >= 15 is 0 Å². The average molecular weight is 360 g/mol. The smallest absolute Gasteiger partial charge is 0.338 e. The molecule has 1 fully saturated rings.